The lowest BCUT2D eigenvalue weighted by atomic mass is 10.1. The van der Waals surface area contributed by atoms with Gasteiger partial charge < -0.3 is 21.1 Å². The average molecular weight is 305 g/mol. The molecular formula is C15H19N3O4. The van der Waals surface area contributed by atoms with Crippen LogP contribution in [0.2, 0.25) is 0 Å². The normalized spacial score (nSPS) is 13.3. The molecule has 22 heavy (non-hydrogen) atoms. The summed E-state index contributed by atoms with van der Waals surface area (Å²) in [6, 6.07) is 6.74. The predicted molar refractivity (Wildman–Crippen MR) is 80.3 cm³/mol. The van der Waals surface area contributed by atoms with E-state index in [0.717, 1.165) is 12.8 Å². The minimum absolute atomic E-state index is 0.0634. The zero-order valence-corrected chi connectivity index (χ0v) is 12.1. The van der Waals surface area contributed by atoms with Crippen LogP contribution in [-0.2, 0) is 9.59 Å². The maximum Gasteiger partial charge on any atom is 0.313 e. The number of carbonyl (C=O) groups is 3. The first kappa shape index (κ1) is 16.0. The van der Waals surface area contributed by atoms with Crippen LogP contribution >= 0.6 is 0 Å². The number of anilines is 1. The smallest absolute Gasteiger partial charge is 0.313 e. The third-order valence-electron chi connectivity index (χ3n) is 3.16. The van der Waals surface area contributed by atoms with E-state index in [0.29, 0.717) is 17.7 Å². The third kappa shape index (κ3) is 4.56. The van der Waals surface area contributed by atoms with Crippen molar-refractivity contribution >= 4 is 23.4 Å². The van der Waals surface area contributed by atoms with Crippen LogP contribution in [0.5, 0.6) is 0 Å². The molecule has 0 saturated heterocycles. The fourth-order valence-corrected chi connectivity index (χ4v) is 1.82. The molecule has 0 heterocycles. The third-order valence-corrected chi connectivity index (χ3v) is 3.16. The molecule has 1 aliphatic carbocycles. The van der Waals surface area contributed by atoms with Crippen LogP contribution in [0.1, 0.15) is 29.6 Å². The van der Waals surface area contributed by atoms with Crippen molar-refractivity contribution in [2.75, 3.05) is 18.5 Å². The van der Waals surface area contributed by atoms with Crippen molar-refractivity contribution in [2.24, 2.45) is 0 Å². The van der Waals surface area contributed by atoms with E-state index >= 15 is 0 Å². The zero-order valence-electron chi connectivity index (χ0n) is 12.1. The van der Waals surface area contributed by atoms with Crippen molar-refractivity contribution in [2.45, 2.75) is 25.3 Å². The molecule has 0 radical (unpaired) electrons. The Morgan fingerprint density at radius 2 is 1.86 bits per heavy atom. The molecule has 0 bridgehead atoms. The molecule has 0 spiro atoms. The molecule has 0 aliphatic heterocycles. The molecule has 2 rings (SSSR count). The highest BCUT2D eigenvalue weighted by molar-refractivity contribution is 6.40. The summed E-state index contributed by atoms with van der Waals surface area (Å²) in [7, 11) is 0. The van der Waals surface area contributed by atoms with Gasteiger partial charge in [-0.05, 0) is 31.4 Å². The van der Waals surface area contributed by atoms with Crippen molar-refractivity contribution in [1.29, 1.82) is 0 Å². The number of aliphatic hydroxyl groups excluding tert-OH is 1. The maximum absolute atomic E-state index is 12.1. The summed E-state index contributed by atoms with van der Waals surface area (Å²) in [6.45, 7) is 0.151. The number of para-hydroxylation sites is 1. The van der Waals surface area contributed by atoms with Gasteiger partial charge in [-0.1, -0.05) is 12.1 Å². The molecule has 7 nitrogen and oxygen atoms in total. The Hall–Kier alpha value is -2.41. The number of hydrogen-bond acceptors (Lipinski definition) is 4. The Kier molecular flexibility index (Phi) is 5.48. The van der Waals surface area contributed by atoms with Gasteiger partial charge in [-0.2, -0.15) is 0 Å². The topological polar surface area (TPSA) is 108 Å². The number of rotatable bonds is 6. The molecule has 118 valence electrons. The lowest BCUT2D eigenvalue weighted by Crippen LogP contribution is -2.36. The number of hydrogen-bond donors (Lipinski definition) is 4. The van der Waals surface area contributed by atoms with Gasteiger partial charge in [0.25, 0.3) is 5.91 Å². The summed E-state index contributed by atoms with van der Waals surface area (Å²) in [5.41, 5.74) is 0.619. The first-order valence-electron chi connectivity index (χ1n) is 7.21. The number of amides is 3. The highest BCUT2D eigenvalue weighted by atomic mass is 16.3. The molecule has 7 heteroatoms. The second-order valence-electron chi connectivity index (χ2n) is 5.08. The predicted octanol–water partition coefficient (Wildman–Crippen LogP) is 0.0159. The van der Waals surface area contributed by atoms with Gasteiger partial charge in [-0.3, -0.25) is 14.4 Å². The van der Waals surface area contributed by atoms with Gasteiger partial charge >= 0.3 is 11.8 Å². The number of aliphatic hydroxyl groups is 1. The molecule has 1 aromatic carbocycles. The molecule has 0 atom stereocenters. The fraction of sp³-hybridized carbons (Fsp3) is 0.400. The fourth-order valence-electron chi connectivity index (χ4n) is 1.82. The average Bonchev–Trinajstić information content (AvgIpc) is 3.31. The minimum atomic E-state index is -0.843. The summed E-state index contributed by atoms with van der Waals surface area (Å²) in [4.78, 5) is 35.5. The first-order valence-corrected chi connectivity index (χ1v) is 7.21. The number of benzene rings is 1. The van der Waals surface area contributed by atoms with E-state index in [1.807, 2.05) is 0 Å². The van der Waals surface area contributed by atoms with E-state index in [9.17, 15) is 14.4 Å². The number of nitrogens with one attached hydrogen (secondary N) is 3. The van der Waals surface area contributed by atoms with Crippen LogP contribution in [-0.4, -0.2) is 42.0 Å². The summed E-state index contributed by atoms with van der Waals surface area (Å²) in [5.74, 6) is -1.91. The Balaban J connectivity index is 1.97. The molecular weight excluding hydrogens is 286 g/mol. The van der Waals surface area contributed by atoms with Gasteiger partial charge in [0.2, 0.25) is 0 Å². The van der Waals surface area contributed by atoms with Crippen molar-refractivity contribution in [3.63, 3.8) is 0 Å². The summed E-state index contributed by atoms with van der Waals surface area (Å²) in [6.07, 6.45) is 2.31. The molecule has 3 amide bonds. The van der Waals surface area contributed by atoms with Gasteiger partial charge in [0.15, 0.2) is 0 Å². The molecule has 0 aromatic heterocycles. The second-order valence-corrected chi connectivity index (χ2v) is 5.08. The maximum atomic E-state index is 12.1. The van der Waals surface area contributed by atoms with Crippen LogP contribution in [0.15, 0.2) is 24.3 Å². The van der Waals surface area contributed by atoms with Crippen LogP contribution < -0.4 is 16.0 Å². The minimum Gasteiger partial charge on any atom is -0.396 e. The van der Waals surface area contributed by atoms with Crippen LogP contribution in [0.4, 0.5) is 5.69 Å². The Morgan fingerprint density at radius 1 is 1.14 bits per heavy atom. The van der Waals surface area contributed by atoms with Crippen LogP contribution in [0.3, 0.4) is 0 Å². The van der Waals surface area contributed by atoms with Crippen LogP contribution in [0, 0.1) is 0 Å². The lowest BCUT2D eigenvalue weighted by molar-refractivity contribution is -0.136. The molecule has 1 saturated carbocycles. The first-order chi connectivity index (χ1) is 10.6. The zero-order chi connectivity index (χ0) is 15.9. The highest BCUT2D eigenvalue weighted by Gasteiger charge is 2.25. The molecule has 0 unspecified atom stereocenters. The van der Waals surface area contributed by atoms with Gasteiger partial charge in [0, 0.05) is 19.2 Å². The lowest BCUT2D eigenvalue weighted by Gasteiger charge is -2.11. The van der Waals surface area contributed by atoms with Crippen molar-refractivity contribution in [1.82, 2.24) is 10.6 Å². The molecule has 1 aliphatic rings. The largest absolute Gasteiger partial charge is 0.396 e. The van der Waals surface area contributed by atoms with Gasteiger partial charge in [0.1, 0.15) is 0 Å². The van der Waals surface area contributed by atoms with Crippen molar-refractivity contribution in [3.8, 4) is 0 Å². The van der Waals surface area contributed by atoms with E-state index in [-0.39, 0.29) is 25.1 Å². The summed E-state index contributed by atoms with van der Waals surface area (Å²) < 4.78 is 0. The van der Waals surface area contributed by atoms with E-state index in [1.165, 1.54) is 0 Å². The SMILES string of the molecule is O=C(NCCCO)C(=O)Nc1ccccc1C(=O)NC1CC1. The van der Waals surface area contributed by atoms with Crippen molar-refractivity contribution in [3.05, 3.63) is 29.8 Å². The van der Waals surface area contributed by atoms with Gasteiger partial charge in [0.05, 0.1) is 11.3 Å². The highest BCUT2D eigenvalue weighted by Crippen LogP contribution is 2.21. The Labute approximate surface area is 128 Å². The number of carbonyl (C=O) groups excluding carboxylic acids is 3. The standard InChI is InChI=1S/C15H19N3O4/c19-9-3-8-16-14(21)15(22)18-12-5-2-1-4-11(12)13(20)17-10-6-7-10/h1-2,4-5,10,19H,3,6-9H2,(H,16,21)(H,17,20)(H,18,22). The van der Waals surface area contributed by atoms with E-state index in [4.69, 9.17) is 5.11 Å². The Bertz CT molecular complexity index is 570. The monoisotopic (exact) mass is 305 g/mol. The van der Waals surface area contributed by atoms with E-state index in [1.54, 1.807) is 24.3 Å². The van der Waals surface area contributed by atoms with Gasteiger partial charge in [-0.15, -0.1) is 0 Å². The van der Waals surface area contributed by atoms with Crippen molar-refractivity contribution < 1.29 is 19.5 Å². The van der Waals surface area contributed by atoms with E-state index < -0.39 is 11.8 Å². The molecule has 1 fully saturated rings. The van der Waals surface area contributed by atoms with Gasteiger partial charge in [-0.25, -0.2) is 0 Å². The quantitative estimate of drug-likeness (QED) is 0.439. The molecule has 4 N–H and O–H groups in total. The van der Waals surface area contributed by atoms with Crippen LogP contribution in [0.25, 0.3) is 0 Å². The van der Waals surface area contributed by atoms with E-state index in [2.05, 4.69) is 16.0 Å². The molecule has 1 aromatic rings. The Morgan fingerprint density at radius 3 is 2.55 bits per heavy atom. The summed E-state index contributed by atoms with van der Waals surface area (Å²) >= 11 is 0. The summed E-state index contributed by atoms with van der Waals surface area (Å²) in [5, 5.41) is 16.3. The second kappa shape index (κ2) is 7.56.